The summed E-state index contributed by atoms with van der Waals surface area (Å²) in [5.74, 6) is 0.959. The van der Waals surface area contributed by atoms with Crippen LogP contribution in [0.15, 0.2) is 42.7 Å². The largest absolute Gasteiger partial charge is 0.490 e. The van der Waals surface area contributed by atoms with Crippen molar-refractivity contribution in [3.63, 3.8) is 0 Å². The van der Waals surface area contributed by atoms with E-state index in [1.807, 2.05) is 0 Å². The number of aliphatic carboxylic acids is 1. The minimum Gasteiger partial charge on any atom is -0.490 e. The molecular formula is C24H23F2N3O7. The van der Waals surface area contributed by atoms with E-state index in [1.165, 1.54) is 12.4 Å². The van der Waals surface area contributed by atoms with Crippen molar-refractivity contribution in [2.45, 2.75) is 20.0 Å². The van der Waals surface area contributed by atoms with Crippen LogP contribution < -0.4 is 29.0 Å². The number of hydrogen-bond donors (Lipinski definition) is 2. The molecule has 0 saturated carbocycles. The fraction of sp³-hybridized carbons (Fsp3) is 0.292. The topological polar surface area (TPSA) is 121 Å². The molecule has 0 fully saturated rings. The molecule has 1 aliphatic rings. The highest BCUT2D eigenvalue weighted by Crippen LogP contribution is 2.39. The molecule has 0 saturated heterocycles. The van der Waals surface area contributed by atoms with E-state index in [1.54, 1.807) is 37.3 Å². The van der Waals surface area contributed by atoms with Gasteiger partial charge in [0.05, 0.1) is 12.3 Å². The van der Waals surface area contributed by atoms with Gasteiger partial charge in [0, 0.05) is 29.8 Å². The first-order valence-electron chi connectivity index (χ1n) is 11.0. The molecule has 10 nitrogen and oxygen atoms in total. The van der Waals surface area contributed by atoms with Crippen LogP contribution in [0.1, 0.15) is 12.5 Å². The summed E-state index contributed by atoms with van der Waals surface area (Å²) in [6, 6.07) is 9.78. The van der Waals surface area contributed by atoms with Crippen molar-refractivity contribution in [3.05, 3.63) is 48.3 Å². The first kappa shape index (κ1) is 24.8. The first-order valence-corrected chi connectivity index (χ1v) is 11.0. The predicted molar refractivity (Wildman–Crippen MR) is 123 cm³/mol. The average molecular weight is 503 g/mol. The lowest BCUT2D eigenvalue weighted by Gasteiger charge is -2.13. The molecule has 1 aliphatic heterocycles. The van der Waals surface area contributed by atoms with Crippen LogP contribution in [0, 0.1) is 0 Å². The van der Waals surface area contributed by atoms with Gasteiger partial charge in [0.1, 0.15) is 17.9 Å². The Morgan fingerprint density at radius 2 is 1.89 bits per heavy atom. The number of hydrogen-bond acceptors (Lipinski definition) is 9. The van der Waals surface area contributed by atoms with Crippen molar-refractivity contribution in [2.24, 2.45) is 0 Å². The number of nitrogens with one attached hydrogen (secondary N) is 1. The van der Waals surface area contributed by atoms with Crippen molar-refractivity contribution in [1.29, 1.82) is 0 Å². The Hall–Kier alpha value is -4.35. The zero-order chi connectivity index (χ0) is 25.5. The number of carboxylic acids is 1. The molecule has 12 heteroatoms. The van der Waals surface area contributed by atoms with Gasteiger partial charge >= 0.3 is 12.6 Å². The summed E-state index contributed by atoms with van der Waals surface area (Å²) in [5.41, 5.74) is 1.82. The number of carbonyl (C=O) groups is 1. The molecular weight excluding hydrogens is 480 g/mol. The van der Waals surface area contributed by atoms with Gasteiger partial charge in [-0.25, -0.2) is 14.8 Å². The molecule has 4 rings (SSSR count). The minimum atomic E-state index is -2.97. The summed E-state index contributed by atoms with van der Waals surface area (Å²) >= 11 is 0. The summed E-state index contributed by atoms with van der Waals surface area (Å²) in [4.78, 5) is 19.3. The molecule has 0 radical (unpaired) electrons. The second-order valence-corrected chi connectivity index (χ2v) is 7.43. The van der Waals surface area contributed by atoms with Gasteiger partial charge in [0.2, 0.25) is 6.79 Å². The van der Waals surface area contributed by atoms with Crippen molar-refractivity contribution < 1.29 is 42.4 Å². The fourth-order valence-electron chi connectivity index (χ4n) is 3.50. The van der Waals surface area contributed by atoms with Gasteiger partial charge in [0.15, 0.2) is 29.6 Å². The van der Waals surface area contributed by atoms with E-state index >= 15 is 0 Å². The van der Waals surface area contributed by atoms with Gasteiger partial charge in [-0.05, 0) is 37.6 Å². The highest BCUT2D eigenvalue weighted by molar-refractivity contribution is 5.69. The van der Waals surface area contributed by atoms with E-state index in [0.29, 0.717) is 65.2 Å². The molecule has 0 spiro atoms. The van der Waals surface area contributed by atoms with Gasteiger partial charge in [0.25, 0.3) is 0 Å². The Morgan fingerprint density at radius 1 is 1.08 bits per heavy atom. The van der Waals surface area contributed by atoms with E-state index in [9.17, 15) is 13.6 Å². The number of aromatic nitrogens is 2. The van der Waals surface area contributed by atoms with E-state index in [-0.39, 0.29) is 12.5 Å². The van der Waals surface area contributed by atoms with Gasteiger partial charge in [-0.3, -0.25) is 0 Å². The molecule has 1 aromatic heterocycles. The van der Waals surface area contributed by atoms with Crippen molar-refractivity contribution in [1.82, 2.24) is 9.97 Å². The maximum atomic E-state index is 12.9. The third-order valence-electron chi connectivity index (χ3n) is 5.03. The van der Waals surface area contributed by atoms with Crippen LogP contribution in [-0.2, 0) is 11.2 Å². The number of carboxylic acid groups (broad SMARTS) is 1. The summed E-state index contributed by atoms with van der Waals surface area (Å²) in [6.07, 6.45) is 1.74. The van der Waals surface area contributed by atoms with Crippen molar-refractivity contribution in [3.8, 4) is 40.0 Å². The monoisotopic (exact) mass is 503 g/mol. The Morgan fingerprint density at radius 3 is 2.64 bits per heavy atom. The standard InChI is InChI=1S/C24H23F2N3O7/c1-2-32-19-7-14(3-4-17(19)33-11-23(30)31)16-9-22(29-12-28-16)27-6-5-15-8-20-21(35-13-34-20)10-18(15)36-24(25)26/h3-4,7-10,12,24H,2,5-6,11,13H2,1H3,(H,30,31)(H,27,28,29). The SMILES string of the molecule is CCOc1cc(-c2cc(NCCc3cc4c(cc3OC(F)F)OCO4)ncn2)ccc1OCC(=O)O. The molecule has 0 bridgehead atoms. The summed E-state index contributed by atoms with van der Waals surface area (Å²) in [6.45, 7) is -0.911. The Kier molecular flexibility index (Phi) is 7.83. The Bertz CT molecular complexity index is 1230. The molecule has 0 amide bonds. The third kappa shape index (κ3) is 6.20. The van der Waals surface area contributed by atoms with E-state index in [2.05, 4.69) is 20.0 Å². The quantitative estimate of drug-likeness (QED) is 0.375. The second kappa shape index (κ2) is 11.4. The van der Waals surface area contributed by atoms with E-state index < -0.39 is 19.2 Å². The summed E-state index contributed by atoms with van der Waals surface area (Å²) in [5, 5.41) is 12.0. The van der Waals surface area contributed by atoms with E-state index in [0.717, 1.165) is 0 Å². The Labute approximate surface area is 204 Å². The maximum Gasteiger partial charge on any atom is 0.387 e. The highest BCUT2D eigenvalue weighted by Gasteiger charge is 2.20. The van der Waals surface area contributed by atoms with Crippen molar-refractivity contribution in [2.75, 3.05) is 31.9 Å². The number of nitrogens with zero attached hydrogens (tertiary/aromatic N) is 2. The highest BCUT2D eigenvalue weighted by atomic mass is 19.3. The molecule has 3 aromatic rings. The molecule has 2 heterocycles. The molecule has 2 aromatic carbocycles. The lowest BCUT2D eigenvalue weighted by atomic mass is 10.1. The number of anilines is 1. The number of halogens is 2. The average Bonchev–Trinajstić information content (AvgIpc) is 3.30. The van der Waals surface area contributed by atoms with E-state index in [4.69, 9.17) is 24.1 Å². The van der Waals surface area contributed by atoms with Crippen LogP contribution in [0.3, 0.4) is 0 Å². The predicted octanol–water partition coefficient (Wildman–Crippen LogP) is 3.99. The van der Waals surface area contributed by atoms with Crippen molar-refractivity contribution >= 4 is 11.8 Å². The molecule has 36 heavy (non-hydrogen) atoms. The van der Waals surface area contributed by atoms with Crippen LogP contribution in [0.5, 0.6) is 28.7 Å². The molecule has 0 unspecified atom stereocenters. The number of alkyl halides is 2. The number of rotatable bonds is 12. The van der Waals surface area contributed by atoms with Gasteiger partial charge in [-0.15, -0.1) is 0 Å². The first-order chi connectivity index (χ1) is 17.4. The Balaban J connectivity index is 1.46. The van der Waals surface area contributed by atoms with Gasteiger partial charge in [-0.2, -0.15) is 8.78 Å². The fourth-order valence-corrected chi connectivity index (χ4v) is 3.50. The lowest BCUT2D eigenvalue weighted by molar-refractivity contribution is -0.139. The van der Waals surface area contributed by atoms with Crippen LogP contribution in [0.25, 0.3) is 11.3 Å². The number of benzene rings is 2. The maximum absolute atomic E-state index is 12.9. The van der Waals surface area contributed by atoms with Crippen LogP contribution >= 0.6 is 0 Å². The molecule has 0 aliphatic carbocycles. The molecule has 2 N–H and O–H groups in total. The van der Waals surface area contributed by atoms with Crippen LogP contribution in [0.4, 0.5) is 14.6 Å². The number of ether oxygens (including phenoxy) is 5. The van der Waals surface area contributed by atoms with Gasteiger partial charge < -0.3 is 34.1 Å². The molecule has 0 atom stereocenters. The lowest BCUT2D eigenvalue weighted by Crippen LogP contribution is -2.10. The normalized spacial score (nSPS) is 11.9. The van der Waals surface area contributed by atoms with Crippen LogP contribution in [-0.4, -0.2) is 54.2 Å². The minimum absolute atomic E-state index is 0.0204. The smallest absolute Gasteiger partial charge is 0.387 e. The van der Waals surface area contributed by atoms with Gasteiger partial charge in [-0.1, -0.05) is 0 Å². The third-order valence-corrected chi connectivity index (χ3v) is 5.03. The summed E-state index contributed by atoms with van der Waals surface area (Å²) in [7, 11) is 0. The zero-order valence-corrected chi connectivity index (χ0v) is 19.2. The molecule has 190 valence electrons. The zero-order valence-electron chi connectivity index (χ0n) is 19.2. The van der Waals surface area contributed by atoms with Crippen LogP contribution in [0.2, 0.25) is 0 Å². The summed E-state index contributed by atoms with van der Waals surface area (Å²) < 4.78 is 51.8. The number of fused-ring (bicyclic) bond motifs is 1. The second-order valence-electron chi connectivity index (χ2n) is 7.43.